The van der Waals surface area contributed by atoms with E-state index < -0.39 is 0 Å². The Labute approximate surface area is 86.6 Å². The minimum Gasteiger partial charge on any atom is -0.857 e. The zero-order valence-corrected chi connectivity index (χ0v) is 11.4. The van der Waals surface area contributed by atoms with E-state index in [0.717, 1.165) is 14.2 Å². The number of nitrogens with two attached hydrogens (primary N) is 1. The number of hydrogen-bond donors (Lipinski definition) is 1. The van der Waals surface area contributed by atoms with Crippen molar-refractivity contribution in [2.75, 3.05) is 14.2 Å². The fourth-order valence-corrected chi connectivity index (χ4v) is 3.40. The Hall–Kier alpha value is 0.679. The molecule has 0 saturated carbocycles. The standard InChI is InChI=1S/C4H10N.C2H5.2CH3O.Sn/c1-3-4(2)5;3*1-2;/h4H,1,3,5H2,2H3;1H2,2H3;2*1H3;/q;;2*-1;+2. The fourth-order valence-electron chi connectivity index (χ4n) is 0.507. The van der Waals surface area contributed by atoms with Crippen molar-refractivity contribution in [3.63, 3.8) is 0 Å². The zero-order chi connectivity index (χ0) is 10.4. The van der Waals surface area contributed by atoms with Crippen LogP contribution in [0.5, 0.6) is 0 Å². The topological polar surface area (TPSA) is 72.1 Å². The van der Waals surface area contributed by atoms with Gasteiger partial charge in [-0.05, 0) is 0 Å². The molecule has 0 aliphatic heterocycles. The average molecular weight is 282 g/mol. The van der Waals surface area contributed by atoms with E-state index >= 15 is 0 Å². The maximum atomic E-state index is 8.25. The van der Waals surface area contributed by atoms with Gasteiger partial charge in [-0.2, -0.15) is 14.2 Å². The summed E-state index contributed by atoms with van der Waals surface area (Å²) in [7, 11) is 1.50. The van der Waals surface area contributed by atoms with Gasteiger partial charge in [-0.15, -0.1) is 0 Å². The van der Waals surface area contributed by atoms with Crippen LogP contribution >= 0.6 is 0 Å². The maximum Gasteiger partial charge on any atom is -0.153 e. The molecular weight excluding hydrogens is 261 g/mol. The van der Waals surface area contributed by atoms with Gasteiger partial charge in [0, 0.05) is 0 Å². The van der Waals surface area contributed by atoms with Crippen molar-refractivity contribution in [1.29, 1.82) is 0 Å². The van der Waals surface area contributed by atoms with Crippen LogP contribution in [0.4, 0.5) is 0 Å². The smallest absolute Gasteiger partial charge is 0.153 e. The SMILES string of the molecule is C[CH2][Sn+2][CH2]CC(C)N.C[O-].C[O-]. The van der Waals surface area contributed by atoms with Crippen molar-refractivity contribution in [2.45, 2.75) is 35.2 Å². The van der Waals surface area contributed by atoms with Crippen molar-refractivity contribution in [1.82, 2.24) is 0 Å². The van der Waals surface area contributed by atoms with Gasteiger partial charge in [-0.1, -0.05) is 0 Å². The van der Waals surface area contributed by atoms with E-state index in [9.17, 15) is 0 Å². The molecule has 0 spiro atoms. The van der Waals surface area contributed by atoms with Gasteiger partial charge in [0.15, 0.2) is 0 Å². The molecule has 1 unspecified atom stereocenters. The van der Waals surface area contributed by atoms with Gasteiger partial charge >= 0.3 is 62.1 Å². The molecule has 0 amide bonds. The molecule has 0 fully saturated rings. The summed E-state index contributed by atoms with van der Waals surface area (Å²) < 4.78 is 2.94. The van der Waals surface area contributed by atoms with Crippen LogP contribution in [0.15, 0.2) is 0 Å². The summed E-state index contributed by atoms with van der Waals surface area (Å²) in [6, 6.07) is 0.447. The van der Waals surface area contributed by atoms with Crippen LogP contribution in [0.2, 0.25) is 8.87 Å². The van der Waals surface area contributed by atoms with Gasteiger partial charge in [0.2, 0.25) is 0 Å². The Morgan fingerprint density at radius 3 is 1.92 bits per heavy atom. The molecule has 0 radical (unpaired) electrons. The van der Waals surface area contributed by atoms with Gasteiger partial charge in [-0.25, -0.2) is 0 Å². The summed E-state index contributed by atoms with van der Waals surface area (Å²) in [5, 5.41) is 16.5. The van der Waals surface area contributed by atoms with Crippen LogP contribution in [0.25, 0.3) is 0 Å². The minimum atomic E-state index is 0.0669. The Morgan fingerprint density at radius 2 is 1.67 bits per heavy atom. The first-order valence-corrected chi connectivity index (χ1v) is 8.09. The van der Waals surface area contributed by atoms with E-state index in [2.05, 4.69) is 13.8 Å². The van der Waals surface area contributed by atoms with E-state index in [1.54, 1.807) is 0 Å². The molecule has 0 aromatic heterocycles. The first-order chi connectivity index (χ1) is 5.77. The first-order valence-electron chi connectivity index (χ1n) is 4.05. The second-order valence-corrected chi connectivity index (χ2v) is 6.99. The van der Waals surface area contributed by atoms with Crippen LogP contribution in [-0.4, -0.2) is 41.4 Å². The molecule has 74 valence electrons. The Morgan fingerprint density at radius 1 is 1.25 bits per heavy atom. The molecular formula is C8H21NO2Sn. The third-order valence-electron chi connectivity index (χ3n) is 1.03. The molecule has 12 heavy (non-hydrogen) atoms. The summed E-state index contributed by atoms with van der Waals surface area (Å²) in [4.78, 5) is 0. The summed E-state index contributed by atoms with van der Waals surface area (Å²) in [5.41, 5.74) is 5.56. The van der Waals surface area contributed by atoms with Gasteiger partial charge in [0.25, 0.3) is 0 Å². The van der Waals surface area contributed by atoms with Crippen LogP contribution in [0, 0.1) is 0 Å². The van der Waals surface area contributed by atoms with Gasteiger partial charge in [0.05, 0.1) is 0 Å². The largest absolute Gasteiger partial charge is 0.857 e. The third kappa shape index (κ3) is 31.0. The molecule has 2 N–H and O–H groups in total. The first kappa shape index (κ1) is 18.5. The second-order valence-electron chi connectivity index (χ2n) is 2.12. The summed E-state index contributed by atoms with van der Waals surface area (Å²) in [6.45, 7) is 4.38. The molecule has 1 atom stereocenters. The van der Waals surface area contributed by atoms with Crippen molar-refractivity contribution >= 4 is 21.1 Å². The predicted molar refractivity (Wildman–Crippen MR) is 51.2 cm³/mol. The Balaban J connectivity index is -0.000000175. The zero-order valence-electron chi connectivity index (χ0n) is 8.59. The maximum absolute atomic E-state index is 8.25. The molecule has 0 heterocycles. The quantitative estimate of drug-likeness (QED) is 0.544. The molecule has 0 aromatic carbocycles. The molecule has 0 aliphatic carbocycles. The van der Waals surface area contributed by atoms with Crippen molar-refractivity contribution in [3.05, 3.63) is 0 Å². The van der Waals surface area contributed by atoms with Gasteiger partial charge in [0.1, 0.15) is 0 Å². The molecule has 3 nitrogen and oxygen atoms in total. The molecule has 0 aliphatic rings. The average Bonchev–Trinajstić information content (AvgIpc) is 2.12. The van der Waals surface area contributed by atoms with E-state index in [1.165, 1.54) is 15.3 Å². The predicted octanol–water partition coefficient (Wildman–Crippen LogP) is -0.763. The molecule has 0 saturated heterocycles. The van der Waals surface area contributed by atoms with Crippen LogP contribution in [0.1, 0.15) is 20.3 Å². The Kier molecular flexibility index (Phi) is 34.7. The van der Waals surface area contributed by atoms with Gasteiger partial charge < -0.3 is 10.2 Å². The minimum absolute atomic E-state index is 0.0669. The summed E-state index contributed by atoms with van der Waals surface area (Å²) in [5.74, 6) is 0. The normalized spacial score (nSPS) is 9.58. The molecule has 0 rings (SSSR count). The van der Waals surface area contributed by atoms with E-state index in [0.29, 0.717) is 6.04 Å². The van der Waals surface area contributed by atoms with Crippen LogP contribution in [-0.2, 0) is 0 Å². The van der Waals surface area contributed by atoms with Crippen molar-refractivity contribution < 1.29 is 10.2 Å². The van der Waals surface area contributed by atoms with Gasteiger partial charge in [-0.3, -0.25) is 0 Å². The summed E-state index contributed by atoms with van der Waals surface area (Å²) >= 11 is 0.0669. The second kappa shape index (κ2) is 22.6. The van der Waals surface area contributed by atoms with Crippen molar-refractivity contribution in [3.8, 4) is 0 Å². The fraction of sp³-hybridized carbons (Fsp3) is 1.00. The van der Waals surface area contributed by atoms with Crippen LogP contribution < -0.4 is 15.9 Å². The van der Waals surface area contributed by atoms with E-state index in [-0.39, 0.29) is 21.1 Å². The monoisotopic (exact) mass is 283 g/mol. The number of hydrogen-bond acceptors (Lipinski definition) is 3. The molecule has 4 heteroatoms. The van der Waals surface area contributed by atoms with Crippen LogP contribution in [0.3, 0.4) is 0 Å². The Bertz CT molecular complexity index is 54.3. The van der Waals surface area contributed by atoms with E-state index in [4.69, 9.17) is 15.9 Å². The summed E-state index contributed by atoms with van der Waals surface area (Å²) in [6.07, 6.45) is 1.26. The molecule has 0 aromatic rings. The van der Waals surface area contributed by atoms with E-state index in [1.807, 2.05) is 0 Å². The third-order valence-corrected chi connectivity index (χ3v) is 4.29. The van der Waals surface area contributed by atoms with Crippen molar-refractivity contribution in [2.24, 2.45) is 5.73 Å². The number of rotatable bonds is 4. The molecule has 0 bridgehead atoms.